The summed E-state index contributed by atoms with van der Waals surface area (Å²) in [6.07, 6.45) is 0.542. The van der Waals surface area contributed by atoms with Crippen molar-refractivity contribution in [3.63, 3.8) is 0 Å². The molecule has 0 heterocycles. The van der Waals surface area contributed by atoms with Crippen LogP contribution in [0.5, 0.6) is 0 Å². The smallest absolute Gasteiger partial charge is 0.219 e. The van der Waals surface area contributed by atoms with E-state index in [0.717, 1.165) is 16.7 Å². The maximum Gasteiger partial charge on any atom is 0.240 e. The molecular weight excluding hydrogens is 418 g/mol. The van der Waals surface area contributed by atoms with Crippen LogP contribution in [-0.2, 0) is 26.3 Å². The number of rotatable bonds is 7. The van der Waals surface area contributed by atoms with Gasteiger partial charge < -0.3 is 0 Å². The van der Waals surface area contributed by atoms with Gasteiger partial charge in [0.05, 0.1) is 14.7 Å². The predicted octanol–water partition coefficient (Wildman–Crippen LogP) is 3.97. The number of nitrogens with one attached hydrogen (secondary N) is 1. The van der Waals surface area contributed by atoms with Crippen molar-refractivity contribution in [1.82, 2.24) is 4.72 Å². The van der Waals surface area contributed by atoms with Crippen molar-refractivity contribution >= 4 is 19.9 Å². The monoisotopic (exact) mass is 443 g/mol. The molecule has 3 aromatic rings. The molecule has 0 aromatic heterocycles. The van der Waals surface area contributed by atoms with Gasteiger partial charge in [-0.25, -0.2) is 21.6 Å². The normalized spacial score (nSPS) is 12.1. The zero-order valence-corrected chi connectivity index (χ0v) is 18.8. The van der Waals surface area contributed by atoms with Gasteiger partial charge in [-0.15, -0.1) is 0 Å². The Hall–Kier alpha value is -2.48. The first-order valence-electron chi connectivity index (χ1n) is 9.57. The molecule has 158 valence electrons. The zero-order chi connectivity index (χ0) is 21.9. The van der Waals surface area contributed by atoms with Gasteiger partial charge >= 0.3 is 0 Å². The lowest BCUT2D eigenvalue weighted by atomic mass is 10.1. The van der Waals surface area contributed by atoms with Crippen molar-refractivity contribution in [1.29, 1.82) is 0 Å². The first-order chi connectivity index (χ1) is 14.1. The molecule has 0 saturated carbocycles. The molecule has 5 nitrogen and oxygen atoms in total. The minimum Gasteiger partial charge on any atom is -0.219 e. The number of sulfonamides is 1. The van der Waals surface area contributed by atoms with Gasteiger partial charge in [-0.1, -0.05) is 53.6 Å². The molecule has 0 saturated heterocycles. The summed E-state index contributed by atoms with van der Waals surface area (Å²) in [5.41, 5.74) is 3.59. The number of sulfone groups is 1. The standard InChI is InChI=1S/C23H25NO4S2/c1-17-4-9-20(10-5-17)14-15-24-30(27,28)23-16-22(13-8-19(23)3)29(25,26)21-11-6-18(2)7-12-21/h4-13,16,24H,14-15H2,1-3H3. The number of hydrogen-bond donors (Lipinski definition) is 1. The predicted molar refractivity (Wildman–Crippen MR) is 118 cm³/mol. The molecule has 30 heavy (non-hydrogen) atoms. The fourth-order valence-corrected chi connectivity index (χ4v) is 5.71. The SMILES string of the molecule is Cc1ccc(CCNS(=O)(=O)c2cc(S(=O)(=O)c3ccc(C)cc3)ccc2C)cc1. The third kappa shape index (κ3) is 4.98. The molecule has 0 aliphatic carbocycles. The molecule has 0 aliphatic rings. The Kier molecular flexibility index (Phi) is 6.45. The molecule has 0 atom stereocenters. The summed E-state index contributed by atoms with van der Waals surface area (Å²) in [5.74, 6) is 0. The molecule has 1 N–H and O–H groups in total. The molecule has 3 rings (SSSR count). The van der Waals surface area contributed by atoms with E-state index in [1.807, 2.05) is 38.1 Å². The molecular formula is C23H25NO4S2. The minimum absolute atomic E-state index is 0.0282. The van der Waals surface area contributed by atoms with Crippen molar-refractivity contribution in [3.8, 4) is 0 Å². The van der Waals surface area contributed by atoms with Crippen LogP contribution < -0.4 is 4.72 Å². The fourth-order valence-electron chi connectivity index (χ4n) is 3.05. The lowest BCUT2D eigenvalue weighted by molar-refractivity contribution is 0.580. The molecule has 0 spiro atoms. The zero-order valence-electron chi connectivity index (χ0n) is 17.2. The van der Waals surface area contributed by atoms with Gasteiger partial charge in [-0.05, 0) is 62.6 Å². The van der Waals surface area contributed by atoms with E-state index >= 15 is 0 Å². The summed E-state index contributed by atoms with van der Waals surface area (Å²) in [5, 5.41) is 0. The minimum atomic E-state index is -3.86. The van der Waals surface area contributed by atoms with Crippen LogP contribution >= 0.6 is 0 Å². The maximum absolute atomic E-state index is 12.9. The van der Waals surface area contributed by atoms with Crippen LogP contribution in [0.4, 0.5) is 0 Å². The molecule has 0 unspecified atom stereocenters. The first-order valence-corrected chi connectivity index (χ1v) is 12.5. The topological polar surface area (TPSA) is 80.3 Å². The number of benzene rings is 3. The van der Waals surface area contributed by atoms with Gasteiger partial charge in [-0.2, -0.15) is 0 Å². The Bertz CT molecular complexity index is 1250. The number of aryl methyl sites for hydroxylation is 3. The first kappa shape index (κ1) is 22.2. The quantitative estimate of drug-likeness (QED) is 0.599. The van der Waals surface area contributed by atoms with Gasteiger partial charge in [0.15, 0.2) is 0 Å². The van der Waals surface area contributed by atoms with Crippen molar-refractivity contribution < 1.29 is 16.8 Å². The van der Waals surface area contributed by atoms with E-state index < -0.39 is 19.9 Å². The Morgan fingerprint density at radius 3 is 1.83 bits per heavy atom. The highest BCUT2D eigenvalue weighted by Gasteiger charge is 2.23. The molecule has 7 heteroatoms. The van der Waals surface area contributed by atoms with E-state index in [1.54, 1.807) is 19.1 Å². The van der Waals surface area contributed by atoms with Crippen molar-refractivity contribution in [2.75, 3.05) is 6.54 Å². The summed E-state index contributed by atoms with van der Waals surface area (Å²) in [4.78, 5) is 0.0584. The lowest BCUT2D eigenvalue weighted by Gasteiger charge is -2.12. The van der Waals surface area contributed by atoms with E-state index in [-0.39, 0.29) is 21.2 Å². The molecule has 0 radical (unpaired) electrons. The van der Waals surface area contributed by atoms with Gasteiger partial charge in [0.1, 0.15) is 0 Å². The maximum atomic E-state index is 12.9. The number of hydrogen-bond acceptors (Lipinski definition) is 4. The average molecular weight is 444 g/mol. The average Bonchev–Trinajstić information content (AvgIpc) is 2.70. The van der Waals surface area contributed by atoms with Crippen LogP contribution in [0.2, 0.25) is 0 Å². The van der Waals surface area contributed by atoms with Crippen molar-refractivity contribution in [2.24, 2.45) is 0 Å². The third-order valence-corrected chi connectivity index (χ3v) is 8.29. The lowest BCUT2D eigenvalue weighted by Crippen LogP contribution is -2.27. The van der Waals surface area contributed by atoms with Gasteiger partial charge in [-0.3, -0.25) is 0 Å². The van der Waals surface area contributed by atoms with Crippen LogP contribution in [0, 0.1) is 20.8 Å². The Morgan fingerprint density at radius 2 is 1.23 bits per heavy atom. The summed E-state index contributed by atoms with van der Waals surface area (Å²) >= 11 is 0. The summed E-state index contributed by atoms with van der Waals surface area (Å²) in [6.45, 7) is 5.73. The highest BCUT2D eigenvalue weighted by molar-refractivity contribution is 7.91. The fraction of sp³-hybridized carbons (Fsp3) is 0.217. The van der Waals surface area contributed by atoms with Crippen molar-refractivity contribution in [2.45, 2.75) is 41.9 Å². The van der Waals surface area contributed by atoms with E-state index in [0.29, 0.717) is 12.0 Å². The van der Waals surface area contributed by atoms with Gasteiger partial charge in [0.2, 0.25) is 19.9 Å². The van der Waals surface area contributed by atoms with E-state index in [2.05, 4.69) is 4.72 Å². The molecule has 0 fully saturated rings. The van der Waals surface area contributed by atoms with Crippen LogP contribution in [0.1, 0.15) is 22.3 Å². The largest absolute Gasteiger partial charge is 0.240 e. The highest BCUT2D eigenvalue weighted by Crippen LogP contribution is 2.25. The highest BCUT2D eigenvalue weighted by atomic mass is 32.2. The van der Waals surface area contributed by atoms with Crippen LogP contribution in [0.3, 0.4) is 0 Å². The van der Waals surface area contributed by atoms with Crippen molar-refractivity contribution in [3.05, 3.63) is 89.0 Å². The second-order valence-corrected chi connectivity index (χ2v) is 11.1. The van der Waals surface area contributed by atoms with Gasteiger partial charge in [0, 0.05) is 6.54 Å². The van der Waals surface area contributed by atoms with Crippen LogP contribution in [0.25, 0.3) is 0 Å². The summed E-state index contributed by atoms with van der Waals surface area (Å²) < 4.78 is 54.2. The second-order valence-electron chi connectivity index (χ2n) is 7.38. The van der Waals surface area contributed by atoms with E-state index in [1.165, 1.54) is 30.3 Å². The molecule has 0 amide bonds. The van der Waals surface area contributed by atoms with E-state index in [4.69, 9.17) is 0 Å². The van der Waals surface area contributed by atoms with Crippen LogP contribution in [-0.4, -0.2) is 23.4 Å². The Balaban J connectivity index is 1.84. The Morgan fingerprint density at radius 1 is 0.700 bits per heavy atom. The second kappa shape index (κ2) is 8.71. The Labute approximate surface area is 178 Å². The summed E-state index contributed by atoms with van der Waals surface area (Å²) in [6, 6.07) is 18.6. The summed E-state index contributed by atoms with van der Waals surface area (Å²) in [7, 11) is -7.67. The third-order valence-electron chi connectivity index (χ3n) is 4.92. The van der Waals surface area contributed by atoms with Crippen LogP contribution in [0.15, 0.2) is 81.4 Å². The molecule has 0 aliphatic heterocycles. The van der Waals surface area contributed by atoms with Gasteiger partial charge in [0.25, 0.3) is 0 Å². The molecule has 3 aromatic carbocycles. The molecule has 0 bridgehead atoms. The van der Waals surface area contributed by atoms with E-state index in [9.17, 15) is 16.8 Å².